The van der Waals surface area contributed by atoms with Gasteiger partial charge in [0.15, 0.2) is 0 Å². The number of benzene rings is 3. The van der Waals surface area contributed by atoms with Crippen molar-refractivity contribution in [3.8, 4) is 0 Å². The summed E-state index contributed by atoms with van der Waals surface area (Å²) in [7, 11) is -3.72. The van der Waals surface area contributed by atoms with E-state index in [-0.39, 0.29) is 16.1 Å². The molecule has 0 radical (unpaired) electrons. The van der Waals surface area contributed by atoms with E-state index >= 15 is 0 Å². The first kappa shape index (κ1) is 25.3. The van der Waals surface area contributed by atoms with E-state index in [2.05, 4.69) is 32.9 Å². The monoisotopic (exact) mass is 546 g/mol. The molecule has 0 heterocycles. The van der Waals surface area contributed by atoms with Crippen LogP contribution in [-0.2, 0) is 21.2 Å². The standard InChI is InChI=1S/C25H27BrN2O3S2/c1-3-4-5-19-6-10-22(11-7-19)28-33(30,31)24-16-12-21(13-17-24)27-25(29)18(2)32-23-14-8-20(26)9-15-23/h6-18,28H,3-5H2,1-2H3,(H,27,29)/t18-/m0/s1. The Hall–Kier alpha value is -2.29. The number of unbranched alkanes of at least 4 members (excludes halogenated alkanes) is 1. The molecule has 174 valence electrons. The number of nitrogens with one attached hydrogen (secondary N) is 2. The van der Waals surface area contributed by atoms with Gasteiger partial charge in [0.2, 0.25) is 5.91 Å². The number of aryl methyl sites for hydroxylation is 1. The van der Waals surface area contributed by atoms with Crippen LogP contribution in [0.4, 0.5) is 11.4 Å². The van der Waals surface area contributed by atoms with Gasteiger partial charge in [-0.25, -0.2) is 8.42 Å². The summed E-state index contributed by atoms with van der Waals surface area (Å²) in [6.07, 6.45) is 3.21. The molecule has 0 aliphatic carbocycles. The quantitative estimate of drug-likeness (QED) is 0.277. The number of carbonyl (C=O) groups excluding carboxylic acids is 1. The molecular formula is C25H27BrN2O3S2. The van der Waals surface area contributed by atoms with E-state index in [1.165, 1.54) is 29.5 Å². The van der Waals surface area contributed by atoms with E-state index in [0.29, 0.717) is 11.4 Å². The van der Waals surface area contributed by atoms with Crippen LogP contribution >= 0.6 is 27.7 Å². The Bertz CT molecular complexity index is 1160. The maximum Gasteiger partial charge on any atom is 0.261 e. The molecule has 3 aromatic carbocycles. The molecule has 0 aromatic heterocycles. The largest absolute Gasteiger partial charge is 0.325 e. The molecule has 5 nitrogen and oxygen atoms in total. The molecule has 0 unspecified atom stereocenters. The average Bonchev–Trinajstić information content (AvgIpc) is 2.80. The molecule has 0 spiro atoms. The fourth-order valence-electron chi connectivity index (χ4n) is 3.07. The first-order valence-corrected chi connectivity index (χ1v) is 13.9. The number of hydrogen-bond acceptors (Lipinski definition) is 4. The maximum absolute atomic E-state index is 12.7. The predicted molar refractivity (Wildman–Crippen MR) is 140 cm³/mol. The summed E-state index contributed by atoms with van der Waals surface area (Å²) in [5.41, 5.74) is 2.25. The van der Waals surface area contributed by atoms with E-state index < -0.39 is 10.0 Å². The second-order valence-corrected chi connectivity index (χ2v) is 11.6. The lowest BCUT2D eigenvalue weighted by Gasteiger charge is -2.13. The topological polar surface area (TPSA) is 75.3 Å². The van der Waals surface area contributed by atoms with Crippen LogP contribution in [0, 0.1) is 0 Å². The number of halogens is 1. The van der Waals surface area contributed by atoms with Gasteiger partial charge in [-0.3, -0.25) is 9.52 Å². The highest BCUT2D eigenvalue weighted by Crippen LogP contribution is 2.26. The van der Waals surface area contributed by atoms with Crippen molar-refractivity contribution in [3.63, 3.8) is 0 Å². The minimum absolute atomic E-state index is 0.132. The van der Waals surface area contributed by atoms with Crippen LogP contribution in [0.5, 0.6) is 0 Å². The predicted octanol–water partition coefficient (Wildman–Crippen LogP) is 6.71. The summed E-state index contributed by atoms with van der Waals surface area (Å²) in [5, 5.41) is 2.53. The number of thioether (sulfide) groups is 1. The van der Waals surface area contributed by atoms with Crippen LogP contribution in [-0.4, -0.2) is 19.6 Å². The molecule has 1 atom stereocenters. The summed E-state index contributed by atoms with van der Waals surface area (Å²) >= 11 is 4.85. The Balaban J connectivity index is 1.59. The molecular weight excluding hydrogens is 520 g/mol. The Kier molecular flexibility index (Phi) is 9.00. The third kappa shape index (κ3) is 7.62. The van der Waals surface area contributed by atoms with Crippen molar-refractivity contribution in [3.05, 3.63) is 82.8 Å². The van der Waals surface area contributed by atoms with Crippen molar-refractivity contribution in [2.75, 3.05) is 10.0 Å². The minimum atomic E-state index is -3.72. The first-order chi connectivity index (χ1) is 15.8. The van der Waals surface area contributed by atoms with Gasteiger partial charge in [-0.1, -0.05) is 41.4 Å². The molecule has 33 heavy (non-hydrogen) atoms. The lowest BCUT2D eigenvalue weighted by molar-refractivity contribution is -0.115. The lowest BCUT2D eigenvalue weighted by atomic mass is 10.1. The van der Waals surface area contributed by atoms with E-state index in [1.807, 2.05) is 43.3 Å². The van der Waals surface area contributed by atoms with Gasteiger partial charge in [0.1, 0.15) is 0 Å². The van der Waals surface area contributed by atoms with Crippen LogP contribution < -0.4 is 10.0 Å². The summed E-state index contributed by atoms with van der Waals surface area (Å²) in [4.78, 5) is 13.7. The molecule has 0 saturated carbocycles. The van der Waals surface area contributed by atoms with Crippen LogP contribution in [0.3, 0.4) is 0 Å². The molecule has 8 heteroatoms. The van der Waals surface area contributed by atoms with E-state index in [4.69, 9.17) is 0 Å². The molecule has 3 aromatic rings. The number of hydrogen-bond donors (Lipinski definition) is 2. The lowest BCUT2D eigenvalue weighted by Crippen LogP contribution is -2.22. The normalized spacial score (nSPS) is 12.2. The van der Waals surface area contributed by atoms with Gasteiger partial charge in [-0.2, -0.15) is 0 Å². The molecule has 0 fully saturated rings. The summed E-state index contributed by atoms with van der Waals surface area (Å²) in [5.74, 6) is -0.153. The second-order valence-electron chi connectivity index (χ2n) is 7.63. The fraction of sp³-hybridized carbons (Fsp3) is 0.240. The summed E-state index contributed by atoms with van der Waals surface area (Å²) in [6.45, 7) is 3.97. The number of sulfonamides is 1. The summed E-state index contributed by atoms with van der Waals surface area (Å²) in [6, 6.07) is 21.4. The zero-order valence-electron chi connectivity index (χ0n) is 18.5. The number of rotatable bonds is 10. The Morgan fingerprint density at radius 2 is 1.55 bits per heavy atom. The Labute approximate surface area is 208 Å². The van der Waals surface area contributed by atoms with Crippen LogP contribution in [0.1, 0.15) is 32.3 Å². The van der Waals surface area contributed by atoms with Crippen molar-refractivity contribution in [1.82, 2.24) is 0 Å². The zero-order chi connectivity index (χ0) is 23.8. The number of carbonyl (C=O) groups is 1. The SMILES string of the molecule is CCCCc1ccc(NS(=O)(=O)c2ccc(NC(=O)[C@H](C)Sc3ccc(Br)cc3)cc2)cc1. The highest BCUT2D eigenvalue weighted by Gasteiger charge is 2.17. The Morgan fingerprint density at radius 1 is 0.939 bits per heavy atom. The minimum Gasteiger partial charge on any atom is -0.325 e. The molecule has 0 aliphatic heterocycles. The average molecular weight is 548 g/mol. The molecule has 3 rings (SSSR count). The number of amides is 1. The van der Waals surface area contributed by atoms with Crippen molar-refractivity contribution < 1.29 is 13.2 Å². The fourth-order valence-corrected chi connectivity index (χ4v) is 5.26. The van der Waals surface area contributed by atoms with Gasteiger partial charge in [0.05, 0.1) is 10.1 Å². The molecule has 2 N–H and O–H groups in total. The maximum atomic E-state index is 12.7. The van der Waals surface area contributed by atoms with Gasteiger partial charge in [0, 0.05) is 20.7 Å². The first-order valence-electron chi connectivity index (χ1n) is 10.7. The van der Waals surface area contributed by atoms with Gasteiger partial charge in [0.25, 0.3) is 10.0 Å². The smallest absolute Gasteiger partial charge is 0.261 e. The third-order valence-electron chi connectivity index (χ3n) is 4.95. The van der Waals surface area contributed by atoms with Gasteiger partial charge in [-0.05, 0) is 86.0 Å². The Morgan fingerprint density at radius 3 is 2.15 bits per heavy atom. The van der Waals surface area contributed by atoms with Crippen molar-refractivity contribution in [2.45, 2.75) is 48.2 Å². The van der Waals surface area contributed by atoms with Crippen LogP contribution in [0.25, 0.3) is 0 Å². The molecule has 0 bridgehead atoms. The molecule has 0 aliphatic rings. The van der Waals surface area contributed by atoms with Crippen LogP contribution in [0.15, 0.2) is 87.1 Å². The highest BCUT2D eigenvalue weighted by atomic mass is 79.9. The van der Waals surface area contributed by atoms with Crippen molar-refractivity contribution in [1.29, 1.82) is 0 Å². The summed E-state index contributed by atoms with van der Waals surface area (Å²) < 4.78 is 29.0. The van der Waals surface area contributed by atoms with E-state index in [1.54, 1.807) is 24.3 Å². The van der Waals surface area contributed by atoms with Gasteiger partial charge < -0.3 is 5.32 Å². The molecule has 0 saturated heterocycles. The van der Waals surface area contributed by atoms with Crippen molar-refractivity contribution >= 4 is 55.0 Å². The van der Waals surface area contributed by atoms with Gasteiger partial charge >= 0.3 is 0 Å². The van der Waals surface area contributed by atoms with E-state index in [9.17, 15) is 13.2 Å². The van der Waals surface area contributed by atoms with E-state index in [0.717, 1.165) is 28.6 Å². The highest BCUT2D eigenvalue weighted by molar-refractivity contribution is 9.10. The second kappa shape index (κ2) is 11.7. The van der Waals surface area contributed by atoms with Gasteiger partial charge in [-0.15, -0.1) is 11.8 Å². The third-order valence-corrected chi connectivity index (χ3v) is 7.99. The zero-order valence-corrected chi connectivity index (χ0v) is 21.8. The molecule has 1 amide bonds. The number of anilines is 2. The van der Waals surface area contributed by atoms with Crippen molar-refractivity contribution in [2.24, 2.45) is 0 Å². The van der Waals surface area contributed by atoms with Crippen LogP contribution in [0.2, 0.25) is 0 Å².